The zero-order valence-electron chi connectivity index (χ0n) is 17.0. The molecule has 2 N–H and O–H groups in total. The highest BCUT2D eigenvalue weighted by atomic mass is 32.2. The molecular formula is C24H26O4S2. The van der Waals surface area contributed by atoms with Crippen molar-refractivity contribution in [1.82, 2.24) is 0 Å². The smallest absolute Gasteiger partial charge is 0.310 e. The van der Waals surface area contributed by atoms with Crippen molar-refractivity contribution >= 4 is 35.1 Å². The molecular weight excluding hydrogens is 416 g/mol. The molecule has 1 unspecified atom stereocenters. The third-order valence-corrected chi connectivity index (χ3v) is 8.50. The molecule has 6 heteroatoms. The summed E-state index contributed by atoms with van der Waals surface area (Å²) in [5.74, 6) is 2.62. The topological polar surface area (TPSA) is 66.8 Å². The molecule has 3 aliphatic rings. The lowest BCUT2D eigenvalue weighted by Gasteiger charge is -2.16. The Balaban J connectivity index is 0.000000151. The van der Waals surface area contributed by atoms with E-state index in [1.165, 1.54) is 41.9 Å². The van der Waals surface area contributed by atoms with E-state index in [-0.39, 0.29) is 11.7 Å². The van der Waals surface area contributed by atoms with Crippen molar-refractivity contribution in [2.75, 3.05) is 18.6 Å². The maximum atomic E-state index is 10.8. The molecule has 2 aromatic carbocycles. The summed E-state index contributed by atoms with van der Waals surface area (Å²) in [6, 6.07) is 11.4. The summed E-state index contributed by atoms with van der Waals surface area (Å²) >= 11 is 4.09. The molecule has 0 amide bonds. The van der Waals surface area contributed by atoms with E-state index in [1.807, 2.05) is 23.5 Å². The van der Waals surface area contributed by atoms with Gasteiger partial charge in [-0.2, -0.15) is 0 Å². The van der Waals surface area contributed by atoms with Crippen LogP contribution in [-0.2, 0) is 17.6 Å². The van der Waals surface area contributed by atoms with E-state index in [4.69, 9.17) is 9.84 Å². The molecule has 0 aromatic heterocycles. The van der Waals surface area contributed by atoms with Gasteiger partial charge in [-0.3, -0.25) is 4.79 Å². The Morgan fingerprint density at radius 1 is 1.03 bits per heavy atom. The van der Waals surface area contributed by atoms with Crippen molar-refractivity contribution < 1.29 is 19.7 Å². The maximum absolute atomic E-state index is 10.8. The van der Waals surface area contributed by atoms with Crippen molar-refractivity contribution in [3.05, 3.63) is 62.9 Å². The molecule has 1 aliphatic heterocycles. The summed E-state index contributed by atoms with van der Waals surface area (Å²) < 4.78 is 6.86. The van der Waals surface area contributed by atoms with Gasteiger partial charge in [-0.25, -0.2) is 0 Å². The Bertz CT molecular complexity index is 975. The second-order valence-electron chi connectivity index (χ2n) is 7.65. The molecule has 0 radical (unpaired) electrons. The number of rotatable bonds is 2. The molecule has 1 saturated heterocycles. The lowest BCUT2D eigenvalue weighted by molar-refractivity contribution is -0.138. The van der Waals surface area contributed by atoms with Crippen LogP contribution in [0.4, 0.5) is 0 Å². The zero-order chi connectivity index (χ0) is 21.1. The number of aliphatic carboxylic acids is 1. The molecule has 1 fully saturated rings. The maximum Gasteiger partial charge on any atom is 0.310 e. The van der Waals surface area contributed by atoms with Gasteiger partial charge in [-0.05, 0) is 95.7 Å². The summed E-state index contributed by atoms with van der Waals surface area (Å²) in [6.07, 6.45) is 5.13. The normalized spacial score (nSPS) is 19.6. The Hall–Kier alpha value is -2.05. The van der Waals surface area contributed by atoms with Crippen molar-refractivity contribution in [3.63, 3.8) is 0 Å². The van der Waals surface area contributed by atoms with Crippen LogP contribution in [0.2, 0.25) is 0 Å². The minimum atomic E-state index is -0.774. The number of hydrogen-bond acceptors (Lipinski definition) is 5. The number of carbonyl (C=O) groups is 1. The summed E-state index contributed by atoms with van der Waals surface area (Å²) in [4.78, 5) is 10.8. The second kappa shape index (κ2) is 9.40. The first-order chi connectivity index (χ1) is 14.6. The summed E-state index contributed by atoms with van der Waals surface area (Å²) in [5, 5.41) is 18.0. The van der Waals surface area contributed by atoms with E-state index in [0.717, 1.165) is 23.3 Å². The van der Waals surface area contributed by atoms with Gasteiger partial charge in [-0.1, -0.05) is 12.1 Å². The first-order valence-electron chi connectivity index (χ1n) is 10.3. The Labute approximate surface area is 185 Å². The third kappa shape index (κ3) is 4.49. The monoisotopic (exact) mass is 442 g/mol. The highest BCUT2D eigenvalue weighted by Crippen LogP contribution is 2.46. The van der Waals surface area contributed by atoms with Crippen LogP contribution in [0.5, 0.6) is 11.5 Å². The number of ether oxygens (including phenoxy) is 1. The molecule has 2 aliphatic carbocycles. The predicted molar refractivity (Wildman–Crippen MR) is 125 cm³/mol. The van der Waals surface area contributed by atoms with Crippen molar-refractivity contribution in [2.45, 2.75) is 38.0 Å². The van der Waals surface area contributed by atoms with Gasteiger partial charge in [0.1, 0.15) is 11.5 Å². The molecule has 4 nitrogen and oxygen atoms in total. The number of aryl methyl sites for hydroxylation is 2. The largest absolute Gasteiger partial charge is 0.508 e. The van der Waals surface area contributed by atoms with E-state index >= 15 is 0 Å². The molecule has 158 valence electrons. The van der Waals surface area contributed by atoms with Crippen LogP contribution in [0.15, 0.2) is 40.6 Å². The van der Waals surface area contributed by atoms with Crippen LogP contribution in [-0.4, -0.2) is 34.8 Å². The molecule has 30 heavy (non-hydrogen) atoms. The van der Waals surface area contributed by atoms with Crippen LogP contribution in [0.3, 0.4) is 0 Å². The summed E-state index contributed by atoms with van der Waals surface area (Å²) in [6.45, 7) is 0. The standard InChI is InChI=1S/C14H16OS2.C10H10O3/c1-15-11-4-6-12-10(9-11)3-5-13(12)14-16-7-2-8-17-14;11-7-2-4-8-6(5-7)1-3-9(8)10(12)13/h4,6,9H,2-3,5,7-8H2,1H3;2,4-5,9,11H,1,3H2,(H,12,13). The van der Waals surface area contributed by atoms with Crippen LogP contribution in [0, 0.1) is 0 Å². The third-order valence-electron chi connectivity index (χ3n) is 5.79. The first kappa shape index (κ1) is 21.2. The fourth-order valence-corrected chi connectivity index (χ4v) is 7.01. The molecule has 1 atom stereocenters. The van der Waals surface area contributed by atoms with Crippen LogP contribution >= 0.6 is 23.5 Å². The number of carboxylic acids is 1. The second-order valence-corrected chi connectivity index (χ2v) is 10.1. The Kier molecular flexibility index (Phi) is 6.64. The number of carboxylic acid groups (broad SMARTS) is 1. The van der Waals surface area contributed by atoms with E-state index in [9.17, 15) is 9.90 Å². The summed E-state index contributed by atoms with van der Waals surface area (Å²) in [7, 11) is 1.74. The molecule has 0 bridgehead atoms. The lowest BCUT2D eigenvalue weighted by atomic mass is 10.0. The number of benzene rings is 2. The molecule has 2 aromatic rings. The predicted octanol–water partition coefficient (Wildman–Crippen LogP) is 5.69. The molecule has 0 saturated carbocycles. The lowest BCUT2D eigenvalue weighted by Crippen LogP contribution is -2.07. The fourth-order valence-electron chi connectivity index (χ4n) is 4.27. The Morgan fingerprint density at radius 2 is 1.83 bits per heavy atom. The van der Waals surface area contributed by atoms with Gasteiger partial charge < -0.3 is 14.9 Å². The SMILES string of the molecule is COc1ccc2c(c1)CCC2=C1SCCCS1.O=C(O)C1CCc2cc(O)ccc21. The van der Waals surface area contributed by atoms with Gasteiger partial charge in [0.2, 0.25) is 0 Å². The van der Waals surface area contributed by atoms with Gasteiger partial charge in [-0.15, -0.1) is 23.5 Å². The number of aromatic hydroxyl groups is 1. The van der Waals surface area contributed by atoms with E-state index in [0.29, 0.717) is 6.42 Å². The number of fused-ring (bicyclic) bond motifs is 2. The van der Waals surface area contributed by atoms with Gasteiger partial charge in [0.15, 0.2) is 0 Å². The first-order valence-corrected chi connectivity index (χ1v) is 12.2. The van der Waals surface area contributed by atoms with Gasteiger partial charge >= 0.3 is 5.97 Å². The Morgan fingerprint density at radius 3 is 2.57 bits per heavy atom. The highest BCUT2D eigenvalue weighted by Gasteiger charge is 2.28. The van der Waals surface area contributed by atoms with Gasteiger partial charge in [0.25, 0.3) is 0 Å². The van der Waals surface area contributed by atoms with Crippen molar-refractivity contribution in [2.24, 2.45) is 0 Å². The number of allylic oxidation sites excluding steroid dienone is 1. The number of thioether (sulfide) groups is 2. The molecule has 5 rings (SSSR count). The van der Waals surface area contributed by atoms with Crippen LogP contribution < -0.4 is 4.74 Å². The highest BCUT2D eigenvalue weighted by molar-refractivity contribution is 8.23. The minimum absolute atomic E-state index is 0.213. The minimum Gasteiger partial charge on any atom is -0.508 e. The van der Waals surface area contributed by atoms with Crippen LogP contribution in [0.25, 0.3) is 5.57 Å². The average Bonchev–Trinajstić information content (AvgIpc) is 3.38. The van der Waals surface area contributed by atoms with Gasteiger partial charge in [0.05, 0.1) is 13.0 Å². The average molecular weight is 443 g/mol. The number of methoxy groups -OCH3 is 1. The van der Waals surface area contributed by atoms with E-state index < -0.39 is 5.97 Å². The van der Waals surface area contributed by atoms with Crippen molar-refractivity contribution in [3.8, 4) is 11.5 Å². The number of phenols is 1. The summed E-state index contributed by atoms with van der Waals surface area (Å²) in [5.41, 5.74) is 6.32. The number of phenolic OH excluding ortho intramolecular Hbond substituents is 1. The fraction of sp³-hybridized carbons (Fsp3) is 0.375. The quantitative estimate of drug-likeness (QED) is 0.623. The van der Waals surface area contributed by atoms with Crippen LogP contribution in [0.1, 0.15) is 47.4 Å². The van der Waals surface area contributed by atoms with E-state index in [2.05, 4.69) is 18.2 Å². The van der Waals surface area contributed by atoms with Gasteiger partial charge in [0, 0.05) is 4.24 Å². The molecule has 1 heterocycles. The van der Waals surface area contributed by atoms with Crippen molar-refractivity contribution in [1.29, 1.82) is 0 Å². The molecule has 0 spiro atoms. The zero-order valence-corrected chi connectivity index (χ0v) is 18.7. The van der Waals surface area contributed by atoms with E-state index in [1.54, 1.807) is 35.1 Å². The number of hydrogen-bond donors (Lipinski definition) is 2.